The van der Waals surface area contributed by atoms with Gasteiger partial charge in [-0.05, 0) is 49.9 Å². The van der Waals surface area contributed by atoms with Gasteiger partial charge in [0.1, 0.15) is 12.3 Å². The third-order valence-corrected chi connectivity index (χ3v) is 4.78. The predicted octanol–water partition coefficient (Wildman–Crippen LogP) is 5.78. The van der Waals surface area contributed by atoms with E-state index in [-0.39, 0.29) is 11.8 Å². The fourth-order valence-electron chi connectivity index (χ4n) is 3.87. The van der Waals surface area contributed by atoms with Gasteiger partial charge in [-0.1, -0.05) is 34.6 Å². The van der Waals surface area contributed by atoms with Crippen LogP contribution in [-0.2, 0) is 0 Å². The Kier molecular flexibility index (Phi) is 8.16. The fraction of sp³-hybridized carbons (Fsp3) is 0.737. The average molecular weight is 336 g/mol. The van der Waals surface area contributed by atoms with Gasteiger partial charge in [0.15, 0.2) is 0 Å². The van der Waals surface area contributed by atoms with Crippen LogP contribution in [0.3, 0.4) is 0 Å². The van der Waals surface area contributed by atoms with Crippen molar-refractivity contribution in [3.8, 4) is 5.88 Å². The maximum absolute atomic E-state index is 10.6. The molecule has 1 aromatic rings. The van der Waals surface area contributed by atoms with Crippen LogP contribution < -0.4 is 4.74 Å². The molecule has 0 unspecified atom stereocenters. The second-order valence-electron chi connectivity index (χ2n) is 6.44. The minimum Gasteiger partial charge on any atom is -0.474 e. The topological polar surface area (TPSA) is 65.3 Å². The summed E-state index contributed by atoms with van der Waals surface area (Å²) in [5.74, 6) is 1.39. The monoisotopic (exact) mass is 336 g/mol. The molecule has 0 atom stereocenters. The van der Waals surface area contributed by atoms with E-state index in [1.807, 2.05) is 27.7 Å². The van der Waals surface area contributed by atoms with Gasteiger partial charge in [-0.3, -0.25) is 10.1 Å². The Morgan fingerprint density at radius 2 is 1.75 bits per heavy atom. The fourth-order valence-corrected chi connectivity index (χ4v) is 3.87. The molecule has 2 fully saturated rings. The minimum absolute atomic E-state index is 0.00315. The number of rotatable bonds is 3. The Hall–Kier alpha value is -1.65. The van der Waals surface area contributed by atoms with E-state index < -0.39 is 4.92 Å². The van der Waals surface area contributed by atoms with E-state index in [9.17, 15) is 10.1 Å². The summed E-state index contributed by atoms with van der Waals surface area (Å²) in [6.45, 7) is 10.3. The molecule has 0 bridgehead atoms. The largest absolute Gasteiger partial charge is 0.474 e. The standard InChI is InChI=1S/C15H20N2O3.2C2H6/c1-11-8-15(9-11)6-4-13(5-7-15)20-14-3-2-12(10-16-14)17(18)19;2*1-2/h2-3,10-11,13H,4-9H2,1H3;2*1-2H3. The second kappa shape index (κ2) is 9.60. The summed E-state index contributed by atoms with van der Waals surface area (Å²) in [4.78, 5) is 14.1. The highest BCUT2D eigenvalue weighted by Crippen LogP contribution is 2.54. The van der Waals surface area contributed by atoms with Crippen LogP contribution >= 0.6 is 0 Å². The zero-order valence-electron chi connectivity index (χ0n) is 15.7. The molecule has 2 saturated carbocycles. The van der Waals surface area contributed by atoms with Crippen molar-refractivity contribution >= 4 is 5.69 Å². The molecule has 1 aromatic heterocycles. The van der Waals surface area contributed by atoms with E-state index in [1.165, 1.54) is 37.9 Å². The van der Waals surface area contributed by atoms with Crippen LogP contribution in [0.25, 0.3) is 0 Å². The number of hydrogen-bond acceptors (Lipinski definition) is 4. The molecule has 0 radical (unpaired) electrons. The zero-order chi connectivity index (χ0) is 18.2. The van der Waals surface area contributed by atoms with Gasteiger partial charge in [0.25, 0.3) is 5.69 Å². The summed E-state index contributed by atoms with van der Waals surface area (Å²) in [6.07, 6.45) is 8.85. The van der Waals surface area contributed by atoms with E-state index in [0.29, 0.717) is 11.3 Å². The van der Waals surface area contributed by atoms with Crippen molar-refractivity contribution in [2.75, 3.05) is 0 Å². The van der Waals surface area contributed by atoms with Gasteiger partial charge in [0, 0.05) is 12.1 Å². The smallest absolute Gasteiger partial charge is 0.287 e. The molecule has 0 aliphatic heterocycles. The lowest BCUT2D eigenvalue weighted by atomic mass is 9.56. The highest BCUT2D eigenvalue weighted by Gasteiger charge is 2.44. The van der Waals surface area contributed by atoms with Gasteiger partial charge < -0.3 is 4.74 Å². The van der Waals surface area contributed by atoms with E-state index in [2.05, 4.69) is 11.9 Å². The molecule has 136 valence electrons. The van der Waals surface area contributed by atoms with Gasteiger partial charge in [-0.25, -0.2) is 4.98 Å². The molecule has 1 spiro atoms. The van der Waals surface area contributed by atoms with Crippen molar-refractivity contribution < 1.29 is 9.66 Å². The van der Waals surface area contributed by atoms with Gasteiger partial charge in [0.2, 0.25) is 5.88 Å². The number of ether oxygens (including phenoxy) is 1. The predicted molar refractivity (Wildman–Crippen MR) is 97.3 cm³/mol. The zero-order valence-corrected chi connectivity index (χ0v) is 15.7. The van der Waals surface area contributed by atoms with Crippen molar-refractivity contribution in [2.45, 2.75) is 79.2 Å². The van der Waals surface area contributed by atoms with Crippen LogP contribution in [0.2, 0.25) is 0 Å². The van der Waals surface area contributed by atoms with Crippen LogP contribution in [0.1, 0.15) is 73.1 Å². The summed E-state index contributed by atoms with van der Waals surface area (Å²) in [7, 11) is 0. The molecule has 5 heteroatoms. The number of aromatic nitrogens is 1. The van der Waals surface area contributed by atoms with Gasteiger partial charge in [0.05, 0.1) is 4.92 Å². The SMILES string of the molecule is CC.CC.CC1CC2(CCC(Oc3ccc([N+](=O)[O-])cn3)CC2)C1. The maximum Gasteiger partial charge on any atom is 0.287 e. The molecule has 0 N–H and O–H groups in total. The number of hydrogen-bond donors (Lipinski definition) is 0. The Labute approximate surface area is 146 Å². The van der Waals surface area contributed by atoms with Gasteiger partial charge >= 0.3 is 0 Å². The highest BCUT2D eigenvalue weighted by molar-refractivity contribution is 5.29. The molecule has 24 heavy (non-hydrogen) atoms. The highest BCUT2D eigenvalue weighted by atomic mass is 16.6. The van der Waals surface area contributed by atoms with Crippen molar-refractivity contribution in [3.05, 3.63) is 28.4 Å². The Morgan fingerprint density at radius 1 is 1.17 bits per heavy atom. The summed E-state index contributed by atoms with van der Waals surface area (Å²) < 4.78 is 5.85. The molecule has 5 nitrogen and oxygen atoms in total. The molecular formula is C19H32N2O3. The van der Waals surface area contributed by atoms with Crippen molar-refractivity contribution in [2.24, 2.45) is 11.3 Å². The normalized spacial score (nSPS) is 27.7. The first-order chi connectivity index (χ1) is 11.6. The number of nitro groups is 1. The first-order valence-corrected chi connectivity index (χ1v) is 9.33. The van der Waals surface area contributed by atoms with E-state index >= 15 is 0 Å². The number of nitrogens with zero attached hydrogens (tertiary/aromatic N) is 2. The molecule has 1 heterocycles. The van der Waals surface area contributed by atoms with Crippen LogP contribution in [-0.4, -0.2) is 16.0 Å². The molecule has 0 saturated heterocycles. The lowest BCUT2D eigenvalue weighted by Gasteiger charge is -2.50. The van der Waals surface area contributed by atoms with Crippen LogP contribution in [0, 0.1) is 21.4 Å². The van der Waals surface area contributed by atoms with Gasteiger partial charge in [-0.2, -0.15) is 0 Å². The lowest BCUT2D eigenvalue weighted by Crippen LogP contribution is -2.41. The lowest BCUT2D eigenvalue weighted by molar-refractivity contribution is -0.385. The minimum atomic E-state index is -0.446. The second-order valence-corrected chi connectivity index (χ2v) is 6.44. The Balaban J connectivity index is 0.000000671. The first-order valence-electron chi connectivity index (χ1n) is 9.33. The van der Waals surface area contributed by atoms with Crippen LogP contribution in [0.5, 0.6) is 5.88 Å². The molecule has 2 aliphatic rings. The summed E-state index contributed by atoms with van der Waals surface area (Å²) >= 11 is 0. The Morgan fingerprint density at radius 3 is 2.17 bits per heavy atom. The molecule has 0 amide bonds. The van der Waals surface area contributed by atoms with E-state index in [0.717, 1.165) is 18.8 Å². The third kappa shape index (κ3) is 5.18. The van der Waals surface area contributed by atoms with Crippen molar-refractivity contribution in [3.63, 3.8) is 0 Å². The molecule has 3 rings (SSSR count). The van der Waals surface area contributed by atoms with Crippen molar-refractivity contribution in [1.29, 1.82) is 0 Å². The summed E-state index contributed by atoms with van der Waals surface area (Å²) in [5.41, 5.74) is 0.603. The average Bonchev–Trinajstić information content (AvgIpc) is 2.60. The third-order valence-electron chi connectivity index (χ3n) is 4.78. The summed E-state index contributed by atoms with van der Waals surface area (Å²) in [5, 5.41) is 10.6. The first kappa shape index (κ1) is 20.4. The Bertz CT molecular complexity index is 486. The molecular weight excluding hydrogens is 304 g/mol. The number of pyridine rings is 1. The summed E-state index contributed by atoms with van der Waals surface area (Å²) in [6, 6.07) is 3.04. The maximum atomic E-state index is 10.6. The molecule has 2 aliphatic carbocycles. The quantitative estimate of drug-likeness (QED) is 0.518. The van der Waals surface area contributed by atoms with Crippen molar-refractivity contribution in [1.82, 2.24) is 4.98 Å². The van der Waals surface area contributed by atoms with Crippen LogP contribution in [0.15, 0.2) is 18.3 Å². The molecule has 0 aromatic carbocycles. The van der Waals surface area contributed by atoms with Crippen LogP contribution in [0.4, 0.5) is 5.69 Å². The van der Waals surface area contributed by atoms with Gasteiger partial charge in [-0.15, -0.1) is 0 Å². The van der Waals surface area contributed by atoms with E-state index in [4.69, 9.17) is 4.74 Å². The van der Waals surface area contributed by atoms with E-state index in [1.54, 1.807) is 6.07 Å².